The van der Waals surface area contributed by atoms with Crippen molar-refractivity contribution >= 4 is 5.91 Å². The van der Waals surface area contributed by atoms with Gasteiger partial charge in [0, 0.05) is 6.42 Å². The first kappa shape index (κ1) is 11.7. The highest BCUT2D eigenvalue weighted by Crippen LogP contribution is 2.26. The molecule has 0 aliphatic rings. The maximum absolute atomic E-state index is 10.9. The molecule has 0 aromatic heterocycles. The van der Waals surface area contributed by atoms with Crippen molar-refractivity contribution in [2.24, 2.45) is 5.73 Å². The first-order chi connectivity index (χ1) is 6.95. The molecule has 0 saturated heterocycles. The number of rotatable bonds is 4. The molecule has 0 heterocycles. The van der Waals surface area contributed by atoms with Crippen molar-refractivity contribution in [1.29, 1.82) is 0 Å². The molecule has 1 amide bonds. The van der Waals surface area contributed by atoms with Gasteiger partial charge < -0.3 is 10.8 Å². The van der Waals surface area contributed by atoms with E-state index >= 15 is 0 Å². The van der Waals surface area contributed by atoms with E-state index in [-0.39, 0.29) is 17.9 Å². The van der Waals surface area contributed by atoms with Crippen LogP contribution in [0.3, 0.4) is 0 Å². The van der Waals surface area contributed by atoms with Crippen LogP contribution >= 0.6 is 0 Å². The van der Waals surface area contributed by atoms with Gasteiger partial charge in [-0.05, 0) is 16.5 Å². The monoisotopic (exact) mass is 207 g/mol. The van der Waals surface area contributed by atoms with E-state index in [4.69, 9.17) is 10.8 Å². The summed E-state index contributed by atoms with van der Waals surface area (Å²) >= 11 is 0. The van der Waals surface area contributed by atoms with Gasteiger partial charge >= 0.3 is 0 Å². The number of aliphatic hydroxyl groups is 1. The van der Waals surface area contributed by atoms with Crippen molar-refractivity contribution < 1.29 is 9.90 Å². The molecule has 0 spiro atoms. The van der Waals surface area contributed by atoms with Gasteiger partial charge in [-0.2, -0.15) is 0 Å². The van der Waals surface area contributed by atoms with Crippen molar-refractivity contribution in [1.82, 2.24) is 0 Å². The zero-order valence-corrected chi connectivity index (χ0v) is 9.16. The van der Waals surface area contributed by atoms with E-state index in [0.717, 1.165) is 11.1 Å². The smallest absolute Gasteiger partial charge is 0.218 e. The van der Waals surface area contributed by atoms with E-state index in [0.29, 0.717) is 6.42 Å². The second kappa shape index (κ2) is 4.45. The van der Waals surface area contributed by atoms with E-state index in [2.05, 4.69) is 0 Å². The van der Waals surface area contributed by atoms with Crippen LogP contribution in [0.2, 0.25) is 0 Å². The van der Waals surface area contributed by atoms with Crippen LogP contribution in [-0.2, 0) is 16.8 Å². The van der Waals surface area contributed by atoms with Crippen LogP contribution in [0, 0.1) is 0 Å². The molecule has 0 saturated carbocycles. The first-order valence-electron chi connectivity index (χ1n) is 4.94. The van der Waals surface area contributed by atoms with E-state index in [9.17, 15) is 4.79 Å². The predicted molar refractivity (Wildman–Crippen MR) is 59.2 cm³/mol. The molecule has 15 heavy (non-hydrogen) atoms. The fraction of sp³-hybridized carbons (Fsp3) is 0.417. The molecule has 3 N–H and O–H groups in total. The Morgan fingerprint density at radius 2 is 1.87 bits per heavy atom. The summed E-state index contributed by atoms with van der Waals surface area (Å²) in [4.78, 5) is 10.9. The number of carbonyl (C=O) groups excluding carboxylic acids is 1. The Morgan fingerprint density at radius 1 is 1.33 bits per heavy atom. The Balaban J connectivity index is 2.89. The topological polar surface area (TPSA) is 63.3 Å². The number of primary amides is 1. The molecular formula is C12H17NO2. The van der Waals surface area contributed by atoms with Crippen LogP contribution in [-0.4, -0.2) is 11.0 Å². The first-order valence-corrected chi connectivity index (χ1v) is 4.94. The van der Waals surface area contributed by atoms with E-state index in [1.54, 1.807) is 0 Å². The molecule has 3 heteroatoms. The van der Waals surface area contributed by atoms with Gasteiger partial charge in [0.05, 0.1) is 6.61 Å². The standard InChI is InChI=1S/C12H17NO2/c1-12(2,7-11(13)15)10-5-3-9(8-14)4-6-10/h3-6,14H,7-8H2,1-2H3,(H2,13,15). The number of hydrogen-bond acceptors (Lipinski definition) is 2. The molecule has 82 valence electrons. The molecule has 1 aromatic carbocycles. The second-order valence-electron chi connectivity index (χ2n) is 4.38. The van der Waals surface area contributed by atoms with Crippen LogP contribution in [0.1, 0.15) is 31.4 Å². The summed E-state index contributed by atoms with van der Waals surface area (Å²) in [5.74, 6) is -0.300. The number of benzene rings is 1. The lowest BCUT2D eigenvalue weighted by atomic mass is 9.81. The lowest BCUT2D eigenvalue weighted by Crippen LogP contribution is -2.26. The van der Waals surface area contributed by atoms with Gasteiger partial charge in [0.2, 0.25) is 5.91 Å². The van der Waals surface area contributed by atoms with Gasteiger partial charge in [-0.3, -0.25) is 4.79 Å². The quantitative estimate of drug-likeness (QED) is 0.782. The predicted octanol–water partition coefficient (Wildman–Crippen LogP) is 1.33. The average Bonchev–Trinajstić information content (AvgIpc) is 2.16. The van der Waals surface area contributed by atoms with Gasteiger partial charge in [-0.15, -0.1) is 0 Å². The minimum absolute atomic E-state index is 0.0382. The van der Waals surface area contributed by atoms with Crippen molar-refractivity contribution in [2.75, 3.05) is 0 Å². The SMILES string of the molecule is CC(C)(CC(N)=O)c1ccc(CO)cc1. The normalized spacial score (nSPS) is 11.4. The van der Waals surface area contributed by atoms with E-state index < -0.39 is 0 Å². The summed E-state index contributed by atoms with van der Waals surface area (Å²) < 4.78 is 0. The van der Waals surface area contributed by atoms with Crippen LogP contribution in [0.15, 0.2) is 24.3 Å². The van der Waals surface area contributed by atoms with Gasteiger partial charge in [0.15, 0.2) is 0 Å². The zero-order chi connectivity index (χ0) is 11.5. The summed E-state index contributed by atoms with van der Waals surface area (Å²) in [6, 6.07) is 7.57. The molecule has 0 bridgehead atoms. The third-order valence-corrected chi connectivity index (χ3v) is 2.53. The summed E-state index contributed by atoms with van der Waals surface area (Å²) in [6.45, 7) is 3.99. The van der Waals surface area contributed by atoms with E-state index in [1.807, 2.05) is 38.1 Å². The summed E-state index contributed by atoms with van der Waals surface area (Å²) in [5, 5.41) is 8.90. The molecule has 0 atom stereocenters. The Kier molecular flexibility index (Phi) is 3.48. The molecule has 0 fully saturated rings. The molecule has 0 radical (unpaired) electrons. The average molecular weight is 207 g/mol. The fourth-order valence-corrected chi connectivity index (χ4v) is 1.60. The number of amides is 1. The summed E-state index contributed by atoms with van der Waals surface area (Å²) in [5.41, 5.74) is 6.87. The largest absolute Gasteiger partial charge is 0.392 e. The Bertz CT molecular complexity index is 341. The summed E-state index contributed by atoms with van der Waals surface area (Å²) in [6.07, 6.45) is 0.325. The Hall–Kier alpha value is -1.35. The lowest BCUT2D eigenvalue weighted by molar-refractivity contribution is -0.119. The minimum atomic E-state index is -0.300. The van der Waals surface area contributed by atoms with Crippen LogP contribution in [0.25, 0.3) is 0 Å². The maximum Gasteiger partial charge on any atom is 0.218 e. The molecule has 1 rings (SSSR count). The zero-order valence-electron chi connectivity index (χ0n) is 9.16. The highest BCUT2D eigenvalue weighted by molar-refractivity contribution is 5.75. The van der Waals surface area contributed by atoms with Crippen molar-refractivity contribution in [3.63, 3.8) is 0 Å². The van der Waals surface area contributed by atoms with Gasteiger partial charge in [-0.25, -0.2) is 0 Å². The van der Waals surface area contributed by atoms with Crippen LogP contribution in [0.4, 0.5) is 0 Å². The van der Waals surface area contributed by atoms with Gasteiger partial charge in [0.1, 0.15) is 0 Å². The molecule has 0 aliphatic carbocycles. The van der Waals surface area contributed by atoms with Gasteiger partial charge in [-0.1, -0.05) is 38.1 Å². The number of aliphatic hydroxyl groups excluding tert-OH is 1. The van der Waals surface area contributed by atoms with E-state index in [1.165, 1.54) is 0 Å². The highest BCUT2D eigenvalue weighted by atomic mass is 16.3. The second-order valence-corrected chi connectivity index (χ2v) is 4.38. The molecule has 1 aromatic rings. The molecular weight excluding hydrogens is 190 g/mol. The molecule has 3 nitrogen and oxygen atoms in total. The van der Waals surface area contributed by atoms with Crippen LogP contribution < -0.4 is 5.73 Å². The maximum atomic E-state index is 10.9. The minimum Gasteiger partial charge on any atom is -0.392 e. The number of carbonyl (C=O) groups is 1. The third-order valence-electron chi connectivity index (χ3n) is 2.53. The number of nitrogens with two attached hydrogens (primary N) is 1. The van der Waals surface area contributed by atoms with Crippen molar-refractivity contribution in [3.8, 4) is 0 Å². The lowest BCUT2D eigenvalue weighted by Gasteiger charge is -2.23. The number of hydrogen-bond donors (Lipinski definition) is 2. The fourth-order valence-electron chi connectivity index (χ4n) is 1.60. The summed E-state index contributed by atoms with van der Waals surface area (Å²) in [7, 11) is 0. The van der Waals surface area contributed by atoms with Gasteiger partial charge in [0.25, 0.3) is 0 Å². The highest BCUT2D eigenvalue weighted by Gasteiger charge is 2.22. The van der Waals surface area contributed by atoms with Crippen molar-refractivity contribution in [3.05, 3.63) is 35.4 Å². The van der Waals surface area contributed by atoms with Crippen LogP contribution in [0.5, 0.6) is 0 Å². The Morgan fingerprint density at radius 3 is 2.27 bits per heavy atom. The molecule has 0 unspecified atom stereocenters. The Labute approximate surface area is 89.9 Å². The third kappa shape index (κ3) is 3.06. The van der Waals surface area contributed by atoms with Crippen molar-refractivity contribution in [2.45, 2.75) is 32.3 Å². The molecule has 0 aliphatic heterocycles.